The van der Waals surface area contributed by atoms with Crippen LogP contribution in [0.2, 0.25) is 0 Å². The number of aryl methyl sites for hydroxylation is 1. The van der Waals surface area contributed by atoms with E-state index >= 15 is 0 Å². The van der Waals surface area contributed by atoms with Crippen LogP contribution in [-0.2, 0) is 13.5 Å². The monoisotopic (exact) mass is 198 g/mol. The summed E-state index contributed by atoms with van der Waals surface area (Å²) < 4.78 is 2.00. The molecule has 0 bridgehead atoms. The molecule has 1 aromatic rings. The molecule has 0 aromatic carbocycles. The van der Waals surface area contributed by atoms with Crippen LogP contribution in [0.4, 0.5) is 0 Å². The number of rotatable bonds is 3. The second-order valence-corrected chi connectivity index (χ2v) is 3.12. The zero-order valence-electron chi connectivity index (χ0n) is 7.87. The first-order chi connectivity index (χ1) is 6.24. The molecule has 5 heteroatoms. The topological polar surface area (TPSA) is 41.9 Å². The summed E-state index contributed by atoms with van der Waals surface area (Å²) in [4.78, 5) is 4.20. The van der Waals surface area contributed by atoms with Crippen molar-refractivity contribution >= 4 is 17.3 Å². The average molecular weight is 198 g/mol. The van der Waals surface area contributed by atoms with Crippen LogP contribution >= 0.6 is 12.2 Å². The van der Waals surface area contributed by atoms with Gasteiger partial charge in [0.1, 0.15) is 5.82 Å². The van der Waals surface area contributed by atoms with E-state index in [0.717, 1.165) is 18.8 Å². The van der Waals surface area contributed by atoms with Crippen LogP contribution in [0.15, 0.2) is 12.4 Å². The minimum absolute atomic E-state index is 0.675. The zero-order chi connectivity index (χ0) is 9.68. The average Bonchev–Trinajstić information content (AvgIpc) is 2.52. The second kappa shape index (κ2) is 4.81. The fraction of sp³-hybridized carbons (Fsp3) is 0.500. The van der Waals surface area contributed by atoms with E-state index in [1.807, 2.05) is 17.8 Å². The first kappa shape index (κ1) is 9.98. The molecule has 0 saturated heterocycles. The molecule has 0 atom stereocenters. The van der Waals surface area contributed by atoms with Crippen molar-refractivity contribution in [3.63, 3.8) is 0 Å². The Morgan fingerprint density at radius 3 is 3.00 bits per heavy atom. The lowest BCUT2D eigenvalue weighted by Crippen LogP contribution is -2.34. The normalized spacial score (nSPS) is 9.69. The molecule has 4 nitrogen and oxygen atoms in total. The van der Waals surface area contributed by atoms with E-state index in [-0.39, 0.29) is 0 Å². The summed E-state index contributed by atoms with van der Waals surface area (Å²) in [5.74, 6) is 1.06. The smallest absolute Gasteiger partial charge is 0.166 e. The molecule has 0 spiro atoms. The Balaban J connectivity index is 2.28. The maximum atomic E-state index is 4.93. The van der Waals surface area contributed by atoms with Gasteiger partial charge in [0, 0.05) is 39.5 Å². The van der Waals surface area contributed by atoms with Gasteiger partial charge in [0.2, 0.25) is 0 Å². The Hall–Kier alpha value is -1.10. The lowest BCUT2D eigenvalue weighted by molar-refractivity contribution is 0.746. The molecular weight excluding hydrogens is 184 g/mol. The third-order valence-electron chi connectivity index (χ3n) is 1.78. The zero-order valence-corrected chi connectivity index (χ0v) is 8.69. The van der Waals surface area contributed by atoms with Gasteiger partial charge in [0.25, 0.3) is 0 Å². The van der Waals surface area contributed by atoms with Crippen molar-refractivity contribution in [1.82, 2.24) is 20.2 Å². The van der Waals surface area contributed by atoms with Gasteiger partial charge in [-0.3, -0.25) is 0 Å². The van der Waals surface area contributed by atoms with Crippen molar-refractivity contribution in [3.05, 3.63) is 18.2 Å². The summed E-state index contributed by atoms with van der Waals surface area (Å²) in [6.45, 7) is 0.810. The Kier molecular flexibility index (Phi) is 3.70. The molecular formula is C8H14N4S. The summed E-state index contributed by atoms with van der Waals surface area (Å²) in [6.07, 6.45) is 4.61. The Labute approximate surface area is 83.4 Å². The standard InChI is InChI=1S/C8H14N4S/c1-9-8(13)11-4-3-7-10-5-6-12(7)2/h5-6H,3-4H2,1-2H3,(H2,9,11,13). The van der Waals surface area contributed by atoms with Gasteiger partial charge in [-0.15, -0.1) is 0 Å². The van der Waals surface area contributed by atoms with Gasteiger partial charge in [0.15, 0.2) is 5.11 Å². The number of nitrogens with zero attached hydrogens (tertiary/aromatic N) is 2. The minimum atomic E-state index is 0.675. The molecule has 1 rings (SSSR count). The van der Waals surface area contributed by atoms with Gasteiger partial charge in [0.05, 0.1) is 0 Å². The summed E-state index contributed by atoms with van der Waals surface area (Å²) in [5, 5.41) is 6.59. The van der Waals surface area contributed by atoms with Crippen molar-refractivity contribution in [2.45, 2.75) is 6.42 Å². The van der Waals surface area contributed by atoms with Gasteiger partial charge in [-0.05, 0) is 12.2 Å². The number of thiocarbonyl (C=S) groups is 1. The highest BCUT2D eigenvalue weighted by Crippen LogP contribution is 1.93. The molecule has 1 aromatic heterocycles. The lowest BCUT2D eigenvalue weighted by atomic mass is 10.4. The van der Waals surface area contributed by atoms with Crippen LogP contribution in [0.3, 0.4) is 0 Å². The van der Waals surface area contributed by atoms with Crippen molar-refractivity contribution in [2.24, 2.45) is 7.05 Å². The van der Waals surface area contributed by atoms with Crippen molar-refractivity contribution in [2.75, 3.05) is 13.6 Å². The molecule has 13 heavy (non-hydrogen) atoms. The number of hydrogen-bond donors (Lipinski definition) is 2. The van der Waals surface area contributed by atoms with Gasteiger partial charge in [-0.1, -0.05) is 0 Å². The highest BCUT2D eigenvalue weighted by atomic mass is 32.1. The van der Waals surface area contributed by atoms with Crippen LogP contribution in [0, 0.1) is 0 Å². The molecule has 0 fully saturated rings. The number of imidazole rings is 1. The predicted molar refractivity (Wildman–Crippen MR) is 56.6 cm³/mol. The molecule has 0 unspecified atom stereocenters. The van der Waals surface area contributed by atoms with E-state index in [1.165, 1.54) is 0 Å². The maximum absolute atomic E-state index is 4.93. The van der Waals surface area contributed by atoms with Crippen molar-refractivity contribution < 1.29 is 0 Å². The molecule has 72 valence electrons. The SMILES string of the molecule is CNC(=S)NCCc1nccn1C. The van der Waals surface area contributed by atoms with Gasteiger partial charge in [-0.25, -0.2) is 4.98 Å². The van der Waals surface area contributed by atoms with Crippen LogP contribution in [0.1, 0.15) is 5.82 Å². The van der Waals surface area contributed by atoms with Crippen LogP contribution in [0.25, 0.3) is 0 Å². The Bertz CT molecular complexity index is 281. The highest BCUT2D eigenvalue weighted by Gasteiger charge is 1.98. The molecule has 0 saturated carbocycles. The van der Waals surface area contributed by atoms with Crippen LogP contribution in [0.5, 0.6) is 0 Å². The fourth-order valence-electron chi connectivity index (χ4n) is 1.01. The molecule has 0 aliphatic rings. The third-order valence-corrected chi connectivity index (χ3v) is 2.13. The quantitative estimate of drug-likeness (QED) is 0.674. The number of aromatic nitrogens is 2. The van der Waals surface area contributed by atoms with Gasteiger partial charge in [-0.2, -0.15) is 0 Å². The first-order valence-corrected chi connectivity index (χ1v) is 4.56. The highest BCUT2D eigenvalue weighted by molar-refractivity contribution is 7.80. The second-order valence-electron chi connectivity index (χ2n) is 2.71. The molecule has 2 N–H and O–H groups in total. The van der Waals surface area contributed by atoms with Gasteiger partial charge >= 0.3 is 0 Å². The Morgan fingerprint density at radius 2 is 2.46 bits per heavy atom. The fourth-order valence-corrected chi connectivity index (χ4v) is 1.12. The van der Waals surface area contributed by atoms with Crippen LogP contribution in [-0.4, -0.2) is 28.3 Å². The van der Waals surface area contributed by atoms with Gasteiger partial charge < -0.3 is 15.2 Å². The Morgan fingerprint density at radius 1 is 1.69 bits per heavy atom. The van der Waals surface area contributed by atoms with E-state index < -0.39 is 0 Å². The first-order valence-electron chi connectivity index (χ1n) is 4.16. The third kappa shape index (κ3) is 3.02. The largest absolute Gasteiger partial charge is 0.366 e. The predicted octanol–water partition coefficient (Wildman–Crippen LogP) is 0.0565. The van der Waals surface area contributed by atoms with E-state index in [4.69, 9.17) is 12.2 Å². The van der Waals surface area contributed by atoms with E-state index in [0.29, 0.717) is 5.11 Å². The molecule has 0 aliphatic carbocycles. The summed E-state index contributed by atoms with van der Waals surface area (Å²) in [5.41, 5.74) is 0. The molecule has 0 aliphatic heterocycles. The molecule has 0 amide bonds. The maximum Gasteiger partial charge on any atom is 0.166 e. The van der Waals surface area contributed by atoms with E-state index in [9.17, 15) is 0 Å². The summed E-state index contributed by atoms with van der Waals surface area (Å²) >= 11 is 4.93. The van der Waals surface area contributed by atoms with E-state index in [2.05, 4.69) is 15.6 Å². The van der Waals surface area contributed by atoms with Crippen molar-refractivity contribution in [3.8, 4) is 0 Å². The number of nitrogens with one attached hydrogen (secondary N) is 2. The van der Waals surface area contributed by atoms with Crippen molar-refractivity contribution in [1.29, 1.82) is 0 Å². The number of hydrogen-bond acceptors (Lipinski definition) is 2. The van der Waals surface area contributed by atoms with E-state index in [1.54, 1.807) is 13.2 Å². The molecule has 1 heterocycles. The summed E-state index contributed by atoms with van der Waals surface area (Å²) in [7, 11) is 3.79. The summed E-state index contributed by atoms with van der Waals surface area (Å²) in [6, 6.07) is 0. The minimum Gasteiger partial charge on any atom is -0.366 e. The molecule has 0 radical (unpaired) electrons. The lowest BCUT2D eigenvalue weighted by Gasteiger charge is -2.06. The van der Waals surface area contributed by atoms with Crippen LogP contribution < -0.4 is 10.6 Å².